The standard InChI is InChI=1S/C14H20ClN3O3/c1-4-17(9-14(19)16-10(2)3)8-11-5-6-12(15)13(7-11)18(20)21/h5-7,10H,4,8-9H2,1-3H3,(H,16,19). The van der Waals surface area contributed by atoms with Gasteiger partial charge in [0.15, 0.2) is 0 Å². The van der Waals surface area contributed by atoms with Crippen LogP contribution in [0.3, 0.4) is 0 Å². The van der Waals surface area contributed by atoms with Gasteiger partial charge in [0.25, 0.3) is 5.69 Å². The lowest BCUT2D eigenvalue weighted by Crippen LogP contribution is -2.39. The van der Waals surface area contributed by atoms with Crippen LogP contribution >= 0.6 is 11.6 Å². The van der Waals surface area contributed by atoms with Crippen LogP contribution in [0.15, 0.2) is 18.2 Å². The number of hydrogen-bond acceptors (Lipinski definition) is 4. The Morgan fingerprint density at radius 2 is 2.14 bits per heavy atom. The number of nitrogens with one attached hydrogen (secondary N) is 1. The fraction of sp³-hybridized carbons (Fsp3) is 0.500. The van der Waals surface area contributed by atoms with Gasteiger partial charge in [0, 0.05) is 18.7 Å². The van der Waals surface area contributed by atoms with Crippen LogP contribution in [-0.4, -0.2) is 34.9 Å². The third-order valence-electron chi connectivity index (χ3n) is 2.88. The normalized spacial score (nSPS) is 11.0. The van der Waals surface area contributed by atoms with Gasteiger partial charge in [-0.3, -0.25) is 19.8 Å². The number of carbonyl (C=O) groups is 1. The third-order valence-corrected chi connectivity index (χ3v) is 3.20. The zero-order valence-electron chi connectivity index (χ0n) is 12.4. The van der Waals surface area contributed by atoms with E-state index >= 15 is 0 Å². The van der Waals surface area contributed by atoms with Crippen molar-refractivity contribution in [1.29, 1.82) is 0 Å². The number of nitro groups is 1. The van der Waals surface area contributed by atoms with Crippen molar-refractivity contribution in [2.24, 2.45) is 0 Å². The number of carbonyl (C=O) groups excluding carboxylic acids is 1. The monoisotopic (exact) mass is 313 g/mol. The SMILES string of the molecule is CCN(CC(=O)NC(C)C)Cc1ccc(Cl)c([N+](=O)[O-])c1. The molecular formula is C14H20ClN3O3. The van der Waals surface area contributed by atoms with E-state index in [-0.39, 0.29) is 29.2 Å². The van der Waals surface area contributed by atoms with Crippen molar-refractivity contribution in [1.82, 2.24) is 10.2 Å². The van der Waals surface area contributed by atoms with Crippen molar-refractivity contribution in [3.05, 3.63) is 38.9 Å². The van der Waals surface area contributed by atoms with E-state index in [9.17, 15) is 14.9 Å². The highest BCUT2D eigenvalue weighted by Crippen LogP contribution is 2.25. The lowest BCUT2D eigenvalue weighted by Gasteiger charge is -2.20. The van der Waals surface area contributed by atoms with Crippen LogP contribution in [0.4, 0.5) is 5.69 Å². The topological polar surface area (TPSA) is 75.5 Å². The first kappa shape index (κ1) is 17.4. The number of benzene rings is 1. The summed E-state index contributed by atoms with van der Waals surface area (Å²) in [4.78, 5) is 24.0. The summed E-state index contributed by atoms with van der Waals surface area (Å²) in [5, 5.41) is 13.8. The van der Waals surface area contributed by atoms with Crippen LogP contribution in [0.25, 0.3) is 0 Å². The molecule has 116 valence electrons. The second kappa shape index (κ2) is 7.95. The van der Waals surface area contributed by atoms with Crippen molar-refractivity contribution in [3.8, 4) is 0 Å². The fourth-order valence-electron chi connectivity index (χ4n) is 1.90. The molecule has 0 spiro atoms. The molecule has 1 amide bonds. The lowest BCUT2D eigenvalue weighted by molar-refractivity contribution is -0.384. The van der Waals surface area contributed by atoms with Gasteiger partial charge in [-0.15, -0.1) is 0 Å². The average molecular weight is 314 g/mol. The molecule has 1 aromatic carbocycles. The van der Waals surface area contributed by atoms with Gasteiger partial charge in [0.05, 0.1) is 11.5 Å². The van der Waals surface area contributed by atoms with Crippen molar-refractivity contribution >= 4 is 23.2 Å². The summed E-state index contributed by atoms with van der Waals surface area (Å²) in [5.74, 6) is -0.0599. The molecule has 0 saturated carbocycles. The molecule has 1 aromatic rings. The number of hydrogen-bond donors (Lipinski definition) is 1. The molecule has 0 aliphatic heterocycles. The van der Waals surface area contributed by atoms with Gasteiger partial charge < -0.3 is 5.32 Å². The second-order valence-corrected chi connectivity index (χ2v) is 5.48. The molecule has 6 nitrogen and oxygen atoms in total. The van der Waals surface area contributed by atoms with Crippen LogP contribution in [0.1, 0.15) is 26.3 Å². The summed E-state index contributed by atoms with van der Waals surface area (Å²) in [6.45, 7) is 7.12. The highest BCUT2D eigenvalue weighted by molar-refractivity contribution is 6.32. The zero-order valence-corrected chi connectivity index (χ0v) is 13.2. The van der Waals surface area contributed by atoms with Gasteiger partial charge >= 0.3 is 0 Å². The Kier molecular flexibility index (Phi) is 6.58. The molecule has 7 heteroatoms. The van der Waals surface area contributed by atoms with Crippen LogP contribution in [0.2, 0.25) is 5.02 Å². The summed E-state index contributed by atoms with van der Waals surface area (Å²) in [5.41, 5.74) is 0.641. The van der Waals surface area contributed by atoms with Crippen molar-refractivity contribution in [2.45, 2.75) is 33.4 Å². The zero-order chi connectivity index (χ0) is 16.0. The predicted molar refractivity (Wildman–Crippen MR) is 82.3 cm³/mol. The molecule has 21 heavy (non-hydrogen) atoms. The van der Waals surface area contributed by atoms with Gasteiger partial charge in [0.1, 0.15) is 5.02 Å². The Bertz CT molecular complexity index is 520. The molecule has 0 radical (unpaired) electrons. The smallest absolute Gasteiger partial charge is 0.288 e. The number of nitrogens with zero attached hydrogens (tertiary/aromatic N) is 2. The number of rotatable bonds is 7. The first-order valence-electron chi connectivity index (χ1n) is 6.78. The number of likely N-dealkylation sites (N-methyl/N-ethyl adjacent to an activating group) is 1. The highest BCUT2D eigenvalue weighted by Gasteiger charge is 2.15. The van der Waals surface area contributed by atoms with E-state index in [1.54, 1.807) is 6.07 Å². The van der Waals surface area contributed by atoms with Crippen LogP contribution in [0.5, 0.6) is 0 Å². The molecule has 1 N–H and O–H groups in total. The highest BCUT2D eigenvalue weighted by atomic mass is 35.5. The maximum absolute atomic E-state index is 11.8. The van der Waals surface area contributed by atoms with Crippen molar-refractivity contribution in [2.75, 3.05) is 13.1 Å². The van der Waals surface area contributed by atoms with Crippen molar-refractivity contribution in [3.63, 3.8) is 0 Å². The Hall–Kier alpha value is -1.66. The molecule has 0 aliphatic rings. The minimum absolute atomic E-state index is 0.0599. The molecule has 0 unspecified atom stereocenters. The molecule has 0 atom stereocenters. The van der Waals surface area contributed by atoms with E-state index in [1.165, 1.54) is 12.1 Å². The molecule has 0 aliphatic carbocycles. The third kappa shape index (κ3) is 5.69. The first-order valence-corrected chi connectivity index (χ1v) is 7.15. The summed E-state index contributed by atoms with van der Waals surface area (Å²) >= 11 is 5.78. The molecule has 0 fully saturated rings. The maximum Gasteiger partial charge on any atom is 0.288 e. The summed E-state index contributed by atoms with van der Waals surface area (Å²) < 4.78 is 0. The van der Waals surface area contributed by atoms with E-state index < -0.39 is 4.92 Å². The largest absolute Gasteiger partial charge is 0.353 e. The predicted octanol–water partition coefficient (Wildman–Crippen LogP) is 2.59. The van der Waals surface area contributed by atoms with Gasteiger partial charge in [-0.05, 0) is 32.0 Å². The molecule has 0 aromatic heterocycles. The Morgan fingerprint density at radius 3 is 2.67 bits per heavy atom. The van der Waals surface area contributed by atoms with Gasteiger partial charge in [0.2, 0.25) is 5.91 Å². The van der Waals surface area contributed by atoms with Gasteiger partial charge in [-0.25, -0.2) is 0 Å². The fourth-order valence-corrected chi connectivity index (χ4v) is 2.09. The van der Waals surface area contributed by atoms with Gasteiger partial charge in [-0.2, -0.15) is 0 Å². The average Bonchev–Trinajstić information content (AvgIpc) is 2.38. The quantitative estimate of drug-likeness (QED) is 0.620. The maximum atomic E-state index is 11.8. The number of nitro benzene ring substituents is 1. The minimum Gasteiger partial charge on any atom is -0.353 e. The molecule has 1 rings (SSSR count). The number of halogens is 1. The van der Waals surface area contributed by atoms with E-state index in [4.69, 9.17) is 11.6 Å². The van der Waals surface area contributed by atoms with Crippen LogP contribution in [0, 0.1) is 10.1 Å². The summed E-state index contributed by atoms with van der Waals surface area (Å²) in [7, 11) is 0. The summed E-state index contributed by atoms with van der Waals surface area (Å²) in [6.07, 6.45) is 0. The Labute approximate surface area is 129 Å². The van der Waals surface area contributed by atoms with E-state index in [1.807, 2.05) is 25.7 Å². The molecule has 0 saturated heterocycles. The molecule has 0 bridgehead atoms. The second-order valence-electron chi connectivity index (χ2n) is 5.07. The van der Waals surface area contributed by atoms with Gasteiger partial charge in [-0.1, -0.05) is 24.6 Å². The first-order chi connectivity index (χ1) is 9.83. The number of amides is 1. The van der Waals surface area contributed by atoms with E-state index in [2.05, 4.69) is 5.32 Å². The summed E-state index contributed by atoms with van der Waals surface area (Å²) in [6, 6.07) is 4.79. The Morgan fingerprint density at radius 1 is 1.48 bits per heavy atom. The molecular weight excluding hydrogens is 294 g/mol. The van der Waals surface area contributed by atoms with E-state index in [0.29, 0.717) is 13.1 Å². The van der Waals surface area contributed by atoms with Crippen LogP contribution in [-0.2, 0) is 11.3 Å². The molecule has 0 heterocycles. The minimum atomic E-state index is -0.506. The van der Waals surface area contributed by atoms with Crippen LogP contribution < -0.4 is 5.32 Å². The van der Waals surface area contributed by atoms with E-state index in [0.717, 1.165) is 5.56 Å². The lowest BCUT2D eigenvalue weighted by atomic mass is 10.2. The van der Waals surface area contributed by atoms with Crippen molar-refractivity contribution < 1.29 is 9.72 Å². The Balaban J connectivity index is 2.75.